The SMILES string of the molecule is Cc1ccc(CSCC(=O)N2CCN(C)CC2)cc1. The van der Waals surface area contributed by atoms with E-state index in [4.69, 9.17) is 0 Å². The molecule has 1 heterocycles. The van der Waals surface area contributed by atoms with Gasteiger partial charge in [-0.1, -0.05) is 29.8 Å². The van der Waals surface area contributed by atoms with E-state index < -0.39 is 0 Å². The van der Waals surface area contributed by atoms with E-state index in [1.807, 2.05) is 4.90 Å². The number of amides is 1. The Bertz CT molecular complexity index is 411. The molecule has 0 bridgehead atoms. The van der Waals surface area contributed by atoms with Gasteiger partial charge in [0.1, 0.15) is 0 Å². The van der Waals surface area contributed by atoms with Crippen LogP contribution in [0.4, 0.5) is 0 Å². The summed E-state index contributed by atoms with van der Waals surface area (Å²) in [6.07, 6.45) is 0. The van der Waals surface area contributed by atoms with Crippen molar-refractivity contribution in [3.05, 3.63) is 35.4 Å². The maximum Gasteiger partial charge on any atom is 0.232 e. The number of thioether (sulfide) groups is 1. The highest BCUT2D eigenvalue weighted by atomic mass is 32.2. The molecule has 0 spiro atoms. The minimum atomic E-state index is 0.283. The Balaban J connectivity index is 1.70. The first-order valence-corrected chi connectivity index (χ1v) is 7.90. The Kier molecular flexibility index (Phi) is 5.28. The molecular weight excluding hydrogens is 256 g/mol. The smallest absolute Gasteiger partial charge is 0.232 e. The first-order chi connectivity index (χ1) is 9.15. The van der Waals surface area contributed by atoms with Crippen molar-refractivity contribution < 1.29 is 4.79 Å². The average molecular weight is 278 g/mol. The number of nitrogens with zero attached hydrogens (tertiary/aromatic N) is 2. The Morgan fingerprint density at radius 3 is 2.42 bits per heavy atom. The summed E-state index contributed by atoms with van der Waals surface area (Å²) in [6, 6.07) is 8.53. The molecule has 104 valence electrons. The van der Waals surface area contributed by atoms with Gasteiger partial charge in [-0.2, -0.15) is 0 Å². The largest absolute Gasteiger partial charge is 0.339 e. The Hall–Kier alpha value is -1.00. The summed E-state index contributed by atoms with van der Waals surface area (Å²) in [6.45, 7) is 5.83. The zero-order valence-electron chi connectivity index (χ0n) is 11.8. The second kappa shape index (κ2) is 6.96. The van der Waals surface area contributed by atoms with Crippen molar-refractivity contribution in [3.8, 4) is 0 Å². The van der Waals surface area contributed by atoms with Crippen molar-refractivity contribution in [3.63, 3.8) is 0 Å². The molecule has 1 fully saturated rings. The van der Waals surface area contributed by atoms with Crippen LogP contribution in [0.1, 0.15) is 11.1 Å². The van der Waals surface area contributed by atoms with Crippen molar-refractivity contribution in [2.45, 2.75) is 12.7 Å². The molecule has 1 aliphatic rings. The zero-order valence-corrected chi connectivity index (χ0v) is 12.6. The highest BCUT2D eigenvalue weighted by molar-refractivity contribution is 7.99. The van der Waals surface area contributed by atoms with Crippen LogP contribution in [0.5, 0.6) is 0 Å². The maximum atomic E-state index is 12.0. The van der Waals surface area contributed by atoms with Crippen LogP contribution in [0.2, 0.25) is 0 Å². The van der Waals surface area contributed by atoms with Crippen LogP contribution in [0.25, 0.3) is 0 Å². The normalized spacial score (nSPS) is 16.6. The fourth-order valence-electron chi connectivity index (χ4n) is 2.09. The van der Waals surface area contributed by atoms with E-state index in [-0.39, 0.29) is 5.91 Å². The van der Waals surface area contributed by atoms with Gasteiger partial charge in [0.25, 0.3) is 0 Å². The predicted molar refractivity (Wildman–Crippen MR) is 81.4 cm³/mol. The van der Waals surface area contributed by atoms with Crippen molar-refractivity contribution in [1.82, 2.24) is 9.80 Å². The number of likely N-dealkylation sites (N-methyl/N-ethyl adjacent to an activating group) is 1. The molecule has 2 rings (SSSR count). The molecule has 4 heteroatoms. The molecule has 1 aromatic rings. The molecular formula is C15H22N2OS. The van der Waals surface area contributed by atoms with E-state index >= 15 is 0 Å². The van der Waals surface area contributed by atoms with Crippen molar-refractivity contribution in [2.75, 3.05) is 39.0 Å². The first kappa shape index (κ1) is 14.4. The third-order valence-electron chi connectivity index (χ3n) is 3.47. The van der Waals surface area contributed by atoms with Gasteiger partial charge >= 0.3 is 0 Å². The quantitative estimate of drug-likeness (QED) is 0.841. The molecule has 1 saturated heterocycles. The lowest BCUT2D eigenvalue weighted by Crippen LogP contribution is -2.47. The van der Waals surface area contributed by atoms with E-state index in [1.165, 1.54) is 11.1 Å². The summed E-state index contributed by atoms with van der Waals surface area (Å²) in [5.41, 5.74) is 2.57. The maximum absolute atomic E-state index is 12.0. The molecule has 1 amide bonds. The molecule has 1 aromatic carbocycles. The topological polar surface area (TPSA) is 23.6 Å². The van der Waals surface area contributed by atoms with Gasteiger partial charge in [-0.05, 0) is 19.5 Å². The number of piperazine rings is 1. The highest BCUT2D eigenvalue weighted by Crippen LogP contribution is 2.14. The fourth-order valence-corrected chi connectivity index (χ4v) is 2.98. The highest BCUT2D eigenvalue weighted by Gasteiger charge is 2.18. The molecule has 1 aliphatic heterocycles. The summed E-state index contributed by atoms with van der Waals surface area (Å²) in [7, 11) is 2.11. The molecule has 19 heavy (non-hydrogen) atoms. The van der Waals surface area contributed by atoms with Crippen LogP contribution in [-0.4, -0.2) is 54.7 Å². The summed E-state index contributed by atoms with van der Waals surface area (Å²) < 4.78 is 0. The van der Waals surface area contributed by atoms with Gasteiger partial charge < -0.3 is 9.80 Å². The van der Waals surface area contributed by atoms with E-state index in [0.29, 0.717) is 5.75 Å². The predicted octanol–water partition coefficient (Wildman–Crippen LogP) is 2.00. The Morgan fingerprint density at radius 1 is 1.16 bits per heavy atom. The number of rotatable bonds is 4. The molecule has 0 atom stereocenters. The standard InChI is InChI=1S/C15H22N2OS/c1-13-3-5-14(6-4-13)11-19-12-15(18)17-9-7-16(2)8-10-17/h3-6H,7-12H2,1-2H3. The first-order valence-electron chi connectivity index (χ1n) is 6.75. The fraction of sp³-hybridized carbons (Fsp3) is 0.533. The van der Waals surface area contributed by atoms with Crippen LogP contribution < -0.4 is 0 Å². The third kappa shape index (κ3) is 4.55. The summed E-state index contributed by atoms with van der Waals surface area (Å²) in [4.78, 5) is 16.3. The summed E-state index contributed by atoms with van der Waals surface area (Å²) >= 11 is 1.71. The monoisotopic (exact) mass is 278 g/mol. The van der Waals surface area contributed by atoms with Gasteiger partial charge in [-0.15, -0.1) is 11.8 Å². The Labute approximate surface area is 120 Å². The minimum absolute atomic E-state index is 0.283. The second-order valence-electron chi connectivity index (χ2n) is 5.16. The van der Waals surface area contributed by atoms with Crippen molar-refractivity contribution in [1.29, 1.82) is 0 Å². The number of hydrogen-bond donors (Lipinski definition) is 0. The number of carbonyl (C=O) groups is 1. The number of carbonyl (C=O) groups excluding carboxylic acids is 1. The third-order valence-corrected chi connectivity index (χ3v) is 4.46. The van der Waals surface area contributed by atoms with E-state index in [9.17, 15) is 4.79 Å². The summed E-state index contributed by atoms with van der Waals surface area (Å²) in [5, 5.41) is 0. The molecule has 3 nitrogen and oxygen atoms in total. The van der Waals surface area contributed by atoms with Gasteiger partial charge in [0.2, 0.25) is 5.91 Å². The lowest BCUT2D eigenvalue weighted by Gasteiger charge is -2.32. The Morgan fingerprint density at radius 2 is 1.79 bits per heavy atom. The average Bonchev–Trinajstić information content (AvgIpc) is 2.41. The van der Waals surface area contributed by atoms with E-state index in [0.717, 1.165) is 31.9 Å². The molecule has 0 radical (unpaired) electrons. The number of hydrogen-bond acceptors (Lipinski definition) is 3. The lowest BCUT2D eigenvalue weighted by atomic mass is 10.2. The van der Waals surface area contributed by atoms with Gasteiger partial charge in [0.05, 0.1) is 5.75 Å². The van der Waals surface area contributed by atoms with Crippen LogP contribution in [0, 0.1) is 6.92 Å². The zero-order chi connectivity index (χ0) is 13.7. The molecule has 0 aromatic heterocycles. The van der Waals surface area contributed by atoms with Crippen molar-refractivity contribution >= 4 is 17.7 Å². The lowest BCUT2D eigenvalue weighted by molar-refractivity contribution is -0.129. The molecule has 0 aliphatic carbocycles. The van der Waals surface area contributed by atoms with E-state index in [2.05, 4.69) is 43.1 Å². The van der Waals surface area contributed by atoms with Gasteiger partial charge in [-0.3, -0.25) is 4.79 Å². The van der Waals surface area contributed by atoms with Crippen LogP contribution in [-0.2, 0) is 10.5 Å². The van der Waals surface area contributed by atoms with Gasteiger partial charge in [-0.25, -0.2) is 0 Å². The van der Waals surface area contributed by atoms with E-state index in [1.54, 1.807) is 11.8 Å². The van der Waals surface area contributed by atoms with Crippen LogP contribution >= 0.6 is 11.8 Å². The van der Waals surface area contributed by atoms with Gasteiger partial charge in [0, 0.05) is 31.9 Å². The molecule has 0 saturated carbocycles. The summed E-state index contributed by atoms with van der Waals surface area (Å²) in [5.74, 6) is 1.79. The minimum Gasteiger partial charge on any atom is -0.339 e. The molecule has 0 N–H and O–H groups in total. The van der Waals surface area contributed by atoms with Crippen LogP contribution in [0.15, 0.2) is 24.3 Å². The molecule has 0 unspecified atom stereocenters. The number of aryl methyl sites for hydroxylation is 1. The van der Waals surface area contributed by atoms with Gasteiger partial charge in [0.15, 0.2) is 0 Å². The second-order valence-corrected chi connectivity index (χ2v) is 6.15. The van der Waals surface area contributed by atoms with Crippen molar-refractivity contribution in [2.24, 2.45) is 0 Å². The number of benzene rings is 1. The van der Waals surface area contributed by atoms with Crippen LogP contribution in [0.3, 0.4) is 0 Å².